The zero-order valence-corrected chi connectivity index (χ0v) is 12.2. The Labute approximate surface area is 126 Å². The average molecular weight is 311 g/mol. The Bertz CT molecular complexity index is 527. The highest BCUT2D eigenvalue weighted by atomic mass is 32.1. The summed E-state index contributed by atoms with van der Waals surface area (Å²) in [6.07, 6.45) is 1.15. The molecule has 2 atom stereocenters. The lowest BCUT2D eigenvalue weighted by molar-refractivity contribution is -0.159. The van der Waals surface area contributed by atoms with E-state index in [2.05, 4.69) is 0 Å². The van der Waals surface area contributed by atoms with E-state index in [1.165, 1.54) is 4.90 Å². The second kappa shape index (κ2) is 6.71. The molecule has 0 aromatic carbocycles. The van der Waals surface area contributed by atoms with Crippen LogP contribution in [0, 0.1) is 11.8 Å². The molecule has 1 fully saturated rings. The Morgan fingerprint density at radius 2 is 1.95 bits per heavy atom. The van der Waals surface area contributed by atoms with Crippen LogP contribution in [0.25, 0.3) is 0 Å². The van der Waals surface area contributed by atoms with Gasteiger partial charge in [0.2, 0.25) is 5.91 Å². The second-order valence-corrected chi connectivity index (χ2v) is 6.13. The fraction of sp³-hybridized carbons (Fsp3) is 0.500. The smallest absolute Gasteiger partial charge is 0.309 e. The van der Waals surface area contributed by atoms with Crippen LogP contribution in [0.4, 0.5) is 0 Å². The summed E-state index contributed by atoms with van der Waals surface area (Å²) in [4.78, 5) is 37.0. The van der Waals surface area contributed by atoms with Crippen LogP contribution in [0.15, 0.2) is 17.5 Å². The van der Waals surface area contributed by atoms with Gasteiger partial charge in [-0.15, -0.1) is 11.3 Å². The van der Waals surface area contributed by atoms with Crippen molar-refractivity contribution in [3.63, 3.8) is 0 Å². The first kappa shape index (κ1) is 15.5. The Morgan fingerprint density at radius 1 is 1.24 bits per heavy atom. The van der Waals surface area contributed by atoms with E-state index in [4.69, 9.17) is 10.2 Å². The summed E-state index contributed by atoms with van der Waals surface area (Å²) in [5, 5.41) is 20.1. The Hall–Kier alpha value is -1.89. The van der Waals surface area contributed by atoms with Gasteiger partial charge in [0.15, 0.2) is 0 Å². The maximum Gasteiger partial charge on any atom is 0.309 e. The molecule has 21 heavy (non-hydrogen) atoms. The Morgan fingerprint density at radius 3 is 2.52 bits per heavy atom. The first-order valence-electron chi connectivity index (χ1n) is 6.75. The number of likely N-dealkylation sites (tertiary alicyclic amines) is 1. The third-order valence-electron chi connectivity index (χ3n) is 3.77. The van der Waals surface area contributed by atoms with Crippen LogP contribution >= 0.6 is 11.3 Å². The maximum absolute atomic E-state index is 12.1. The fourth-order valence-corrected chi connectivity index (χ4v) is 3.28. The first-order chi connectivity index (χ1) is 9.99. The maximum atomic E-state index is 12.1. The highest BCUT2D eigenvalue weighted by Crippen LogP contribution is 2.25. The number of aliphatic carboxylic acids is 2. The molecule has 1 aromatic heterocycles. The van der Waals surface area contributed by atoms with Gasteiger partial charge in [-0.25, -0.2) is 0 Å². The molecule has 0 spiro atoms. The zero-order chi connectivity index (χ0) is 15.4. The summed E-state index contributed by atoms with van der Waals surface area (Å²) in [6, 6.07) is 3.87. The lowest BCUT2D eigenvalue weighted by Gasteiger charge is -2.34. The number of carboxylic acids is 2. The SMILES string of the molecule is O=C(O)C1CCN(C(=O)CCc2cccs2)CC1C(=O)O. The number of nitrogens with zero attached hydrogens (tertiary/aromatic N) is 1. The van der Waals surface area contributed by atoms with Gasteiger partial charge in [-0.3, -0.25) is 14.4 Å². The molecule has 1 saturated heterocycles. The van der Waals surface area contributed by atoms with Gasteiger partial charge < -0.3 is 15.1 Å². The number of carboxylic acid groups (broad SMARTS) is 2. The number of rotatable bonds is 5. The molecule has 114 valence electrons. The third-order valence-corrected chi connectivity index (χ3v) is 4.70. The van der Waals surface area contributed by atoms with Gasteiger partial charge in [0.25, 0.3) is 0 Å². The molecule has 0 bridgehead atoms. The summed E-state index contributed by atoms with van der Waals surface area (Å²) >= 11 is 1.58. The van der Waals surface area contributed by atoms with Crippen LogP contribution < -0.4 is 0 Å². The number of hydrogen-bond acceptors (Lipinski definition) is 4. The lowest BCUT2D eigenvalue weighted by atomic mass is 9.85. The Kier molecular flexibility index (Phi) is 4.95. The number of carbonyl (C=O) groups excluding carboxylic acids is 1. The van der Waals surface area contributed by atoms with Crippen LogP contribution in [0.3, 0.4) is 0 Å². The monoisotopic (exact) mass is 311 g/mol. The van der Waals surface area contributed by atoms with Crippen LogP contribution in [0.5, 0.6) is 0 Å². The van der Waals surface area contributed by atoms with E-state index in [-0.39, 0.29) is 18.9 Å². The van der Waals surface area contributed by atoms with Crippen molar-refractivity contribution in [2.45, 2.75) is 19.3 Å². The summed E-state index contributed by atoms with van der Waals surface area (Å²) in [7, 11) is 0. The van der Waals surface area contributed by atoms with Crippen molar-refractivity contribution < 1.29 is 24.6 Å². The molecule has 1 amide bonds. The third kappa shape index (κ3) is 3.81. The predicted octanol–water partition coefficient (Wildman–Crippen LogP) is 1.31. The van der Waals surface area contributed by atoms with Crippen molar-refractivity contribution >= 4 is 29.2 Å². The van der Waals surface area contributed by atoms with Gasteiger partial charge in [-0.2, -0.15) is 0 Å². The second-order valence-electron chi connectivity index (χ2n) is 5.10. The van der Waals surface area contributed by atoms with Crippen molar-refractivity contribution in [2.24, 2.45) is 11.8 Å². The van der Waals surface area contributed by atoms with Crippen LogP contribution in [-0.2, 0) is 20.8 Å². The standard InChI is InChI=1S/C14H17NO5S/c16-12(4-3-9-2-1-7-21-9)15-6-5-10(13(17)18)11(8-15)14(19)20/h1-2,7,10-11H,3-6,8H2,(H,17,18)(H,19,20). The van der Waals surface area contributed by atoms with Crippen molar-refractivity contribution in [1.29, 1.82) is 0 Å². The molecule has 0 radical (unpaired) electrons. The largest absolute Gasteiger partial charge is 0.481 e. The molecule has 1 aromatic rings. The van der Waals surface area contributed by atoms with Gasteiger partial charge >= 0.3 is 11.9 Å². The zero-order valence-electron chi connectivity index (χ0n) is 11.4. The normalized spacial score (nSPS) is 22.0. The van der Waals surface area contributed by atoms with Gasteiger partial charge in [0.1, 0.15) is 0 Å². The highest BCUT2D eigenvalue weighted by molar-refractivity contribution is 7.09. The van der Waals surface area contributed by atoms with Gasteiger partial charge in [-0.05, 0) is 24.3 Å². The lowest BCUT2D eigenvalue weighted by Crippen LogP contribution is -2.48. The summed E-state index contributed by atoms with van der Waals surface area (Å²) in [5.41, 5.74) is 0. The number of thiophene rings is 1. The van der Waals surface area contributed by atoms with Crippen molar-refractivity contribution in [2.75, 3.05) is 13.1 Å². The molecular formula is C14H17NO5S. The van der Waals surface area contributed by atoms with Gasteiger partial charge in [0.05, 0.1) is 11.8 Å². The summed E-state index contributed by atoms with van der Waals surface area (Å²) in [6.45, 7) is 0.291. The topological polar surface area (TPSA) is 94.9 Å². The average Bonchev–Trinajstić information content (AvgIpc) is 2.97. The van der Waals surface area contributed by atoms with E-state index >= 15 is 0 Å². The highest BCUT2D eigenvalue weighted by Gasteiger charge is 2.39. The van der Waals surface area contributed by atoms with Crippen molar-refractivity contribution in [3.05, 3.63) is 22.4 Å². The van der Waals surface area contributed by atoms with Crippen LogP contribution in [-0.4, -0.2) is 46.0 Å². The van der Waals surface area contributed by atoms with E-state index in [9.17, 15) is 14.4 Å². The van der Waals surface area contributed by atoms with Gasteiger partial charge in [-0.1, -0.05) is 6.07 Å². The first-order valence-corrected chi connectivity index (χ1v) is 7.62. The van der Waals surface area contributed by atoms with E-state index in [1.807, 2.05) is 17.5 Å². The molecule has 2 heterocycles. The molecule has 0 saturated carbocycles. The van der Waals surface area contributed by atoms with Crippen molar-refractivity contribution in [3.8, 4) is 0 Å². The molecular weight excluding hydrogens is 294 g/mol. The molecule has 1 aliphatic heterocycles. The summed E-state index contributed by atoms with van der Waals surface area (Å²) in [5.74, 6) is -4.31. The molecule has 2 rings (SSSR count). The predicted molar refractivity (Wildman–Crippen MR) is 76.1 cm³/mol. The quantitative estimate of drug-likeness (QED) is 0.855. The molecule has 7 heteroatoms. The Balaban J connectivity index is 1.93. The molecule has 2 N–H and O–H groups in total. The van der Waals surface area contributed by atoms with E-state index in [0.29, 0.717) is 19.4 Å². The molecule has 2 unspecified atom stereocenters. The summed E-state index contributed by atoms with van der Waals surface area (Å²) < 4.78 is 0. The minimum absolute atomic E-state index is 0.0183. The van der Waals surface area contributed by atoms with E-state index < -0.39 is 23.8 Å². The molecule has 0 aliphatic carbocycles. The number of amides is 1. The minimum atomic E-state index is -1.15. The minimum Gasteiger partial charge on any atom is -0.481 e. The number of carbonyl (C=O) groups is 3. The number of aryl methyl sites for hydroxylation is 1. The number of piperidine rings is 1. The van der Waals surface area contributed by atoms with Gasteiger partial charge in [0, 0.05) is 24.4 Å². The van der Waals surface area contributed by atoms with E-state index in [0.717, 1.165) is 4.88 Å². The van der Waals surface area contributed by atoms with Crippen LogP contribution in [0.1, 0.15) is 17.7 Å². The number of hydrogen-bond donors (Lipinski definition) is 2. The molecule has 1 aliphatic rings. The van der Waals surface area contributed by atoms with E-state index in [1.54, 1.807) is 11.3 Å². The fourth-order valence-electron chi connectivity index (χ4n) is 2.57. The van der Waals surface area contributed by atoms with Crippen molar-refractivity contribution in [1.82, 2.24) is 4.90 Å². The molecule has 6 nitrogen and oxygen atoms in total. The van der Waals surface area contributed by atoms with Crippen LogP contribution in [0.2, 0.25) is 0 Å².